The Labute approximate surface area is 131 Å². The number of carbonyl (C=O) groups excluding carboxylic acids is 1. The maximum absolute atomic E-state index is 14.3. The third-order valence-electron chi connectivity index (χ3n) is 4.02. The number of ketones is 1. The summed E-state index contributed by atoms with van der Waals surface area (Å²) < 4.78 is 17.3. The van der Waals surface area contributed by atoms with E-state index in [1.165, 1.54) is 15.6 Å². The molecule has 1 aliphatic heterocycles. The number of nitrogens with zero attached hydrogens (tertiary/aromatic N) is 5. The fourth-order valence-corrected chi connectivity index (χ4v) is 2.90. The summed E-state index contributed by atoms with van der Waals surface area (Å²) in [6.07, 6.45) is 2.12. The number of carbonyl (C=O) groups is 1. The number of hydrogen-bond donors (Lipinski definition) is 0. The van der Waals surface area contributed by atoms with Gasteiger partial charge in [-0.1, -0.05) is 30.3 Å². The molecule has 0 aliphatic carbocycles. The monoisotopic (exact) mass is 311 g/mol. The van der Waals surface area contributed by atoms with Crippen LogP contribution in [0.15, 0.2) is 42.7 Å². The summed E-state index contributed by atoms with van der Waals surface area (Å²) in [5, 5.41) is 8.23. The molecule has 116 valence electrons. The molecule has 0 N–H and O–H groups in total. The van der Waals surface area contributed by atoms with E-state index >= 15 is 0 Å². The van der Waals surface area contributed by atoms with Crippen LogP contribution in [0, 0.1) is 0 Å². The van der Waals surface area contributed by atoms with Gasteiger partial charge in [0, 0.05) is 19.7 Å². The Morgan fingerprint density at radius 3 is 2.78 bits per heavy atom. The van der Waals surface area contributed by atoms with Crippen LogP contribution in [0.4, 0.5) is 4.39 Å². The minimum atomic E-state index is -1.22. The highest BCUT2D eigenvalue weighted by Crippen LogP contribution is 2.39. The SMILES string of the molecule is Cn1cc(C(=O)c2nc3n(n2)[C@@H](c2ccccc2)C[C@H]3F)cn1. The molecule has 1 aliphatic rings. The molecule has 2 aromatic heterocycles. The van der Waals surface area contributed by atoms with Crippen LogP contribution >= 0.6 is 0 Å². The van der Waals surface area contributed by atoms with E-state index < -0.39 is 6.17 Å². The quantitative estimate of drug-likeness (QED) is 0.696. The van der Waals surface area contributed by atoms with Gasteiger partial charge in [-0.25, -0.2) is 14.1 Å². The van der Waals surface area contributed by atoms with Gasteiger partial charge in [0.05, 0.1) is 17.8 Å². The first-order valence-corrected chi connectivity index (χ1v) is 7.32. The second kappa shape index (κ2) is 5.12. The van der Waals surface area contributed by atoms with E-state index in [1.54, 1.807) is 13.2 Å². The summed E-state index contributed by atoms with van der Waals surface area (Å²) in [5.74, 6) is -0.124. The number of aromatic nitrogens is 5. The molecule has 6 nitrogen and oxygen atoms in total. The molecular weight excluding hydrogens is 297 g/mol. The standard InChI is InChI=1S/C16H14FN5O/c1-21-9-11(8-18-21)14(23)15-19-16-12(17)7-13(22(16)20-15)10-5-3-2-4-6-10/h2-6,8-9,12-13H,7H2,1H3/t12-,13-/m1/s1. The summed E-state index contributed by atoms with van der Waals surface area (Å²) in [6.45, 7) is 0. The van der Waals surface area contributed by atoms with E-state index in [-0.39, 0.29) is 23.5 Å². The third-order valence-corrected chi connectivity index (χ3v) is 4.02. The van der Waals surface area contributed by atoms with Crippen molar-refractivity contribution in [2.24, 2.45) is 7.05 Å². The van der Waals surface area contributed by atoms with Gasteiger partial charge in [0.2, 0.25) is 11.6 Å². The second-order valence-corrected chi connectivity index (χ2v) is 5.60. The van der Waals surface area contributed by atoms with Crippen molar-refractivity contribution in [3.8, 4) is 0 Å². The number of aryl methyl sites for hydroxylation is 1. The maximum atomic E-state index is 14.3. The molecule has 0 radical (unpaired) electrons. The average Bonchev–Trinajstić information content (AvgIpc) is 3.25. The Hall–Kier alpha value is -2.83. The molecule has 23 heavy (non-hydrogen) atoms. The summed E-state index contributed by atoms with van der Waals surface area (Å²) >= 11 is 0. The molecule has 3 aromatic rings. The number of benzene rings is 1. The van der Waals surface area contributed by atoms with E-state index in [9.17, 15) is 9.18 Å². The van der Waals surface area contributed by atoms with Crippen LogP contribution in [0.2, 0.25) is 0 Å². The molecule has 0 spiro atoms. The number of fused-ring (bicyclic) bond motifs is 1. The highest BCUT2D eigenvalue weighted by molar-refractivity contribution is 6.06. The first-order chi connectivity index (χ1) is 11.1. The van der Waals surface area contributed by atoms with Gasteiger partial charge >= 0.3 is 0 Å². The molecule has 0 amide bonds. The molecule has 3 heterocycles. The van der Waals surface area contributed by atoms with Crippen LogP contribution in [0.25, 0.3) is 0 Å². The van der Waals surface area contributed by atoms with Crippen molar-refractivity contribution >= 4 is 5.78 Å². The molecule has 0 fully saturated rings. The van der Waals surface area contributed by atoms with E-state index in [0.29, 0.717) is 12.0 Å². The van der Waals surface area contributed by atoms with E-state index in [4.69, 9.17) is 0 Å². The van der Waals surface area contributed by atoms with Crippen molar-refractivity contribution in [1.29, 1.82) is 0 Å². The van der Waals surface area contributed by atoms with Gasteiger partial charge in [0.15, 0.2) is 12.0 Å². The molecule has 2 atom stereocenters. The largest absolute Gasteiger partial charge is 0.285 e. The minimum absolute atomic E-state index is 0.0104. The lowest BCUT2D eigenvalue weighted by Gasteiger charge is -2.11. The lowest BCUT2D eigenvalue weighted by Crippen LogP contribution is -2.10. The van der Waals surface area contributed by atoms with Crippen LogP contribution in [-0.4, -0.2) is 30.3 Å². The Morgan fingerprint density at radius 2 is 2.09 bits per heavy atom. The van der Waals surface area contributed by atoms with Gasteiger partial charge in [-0.3, -0.25) is 9.48 Å². The van der Waals surface area contributed by atoms with Gasteiger partial charge in [-0.2, -0.15) is 5.10 Å². The summed E-state index contributed by atoms with van der Waals surface area (Å²) in [5.41, 5.74) is 1.35. The van der Waals surface area contributed by atoms with E-state index in [1.807, 2.05) is 30.3 Å². The summed E-state index contributed by atoms with van der Waals surface area (Å²) in [4.78, 5) is 16.5. The molecule has 0 unspecified atom stereocenters. The van der Waals surface area contributed by atoms with Crippen LogP contribution in [0.3, 0.4) is 0 Å². The van der Waals surface area contributed by atoms with E-state index in [2.05, 4.69) is 15.2 Å². The number of rotatable bonds is 3. The zero-order chi connectivity index (χ0) is 16.0. The van der Waals surface area contributed by atoms with Gasteiger partial charge in [0.25, 0.3) is 0 Å². The van der Waals surface area contributed by atoms with Crippen LogP contribution in [0.1, 0.15) is 46.2 Å². The van der Waals surface area contributed by atoms with Crippen molar-refractivity contribution in [3.63, 3.8) is 0 Å². The van der Waals surface area contributed by atoms with E-state index in [0.717, 1.165) is 5.56 Å². The van der Waals surface area contributed by atoms with Gasteiger partial charge < -0.3 is 0 Å². The fraction of sp³-hybridized carbons (Fsp3) is 0.250. The van der Waals surface area contributed by atoms with Crippen molar-refractivity contribution in [1.82, 2.24) is 24.5 Å². The van der Waals surface area contributed by atoms with Crippen molar-refractivity contribution in [3.05, 3.63) is 65.5 Å². The topological polar surface area (TPSA) is 65.6 Å². The number of hydrogen-bond acceptors (Lipinski definition) is 4. The van der Waals surface area contributed by atoms with Gasteiger partial charge in [0.1, 0.15) is 0 Å². The van der Waals surface area contributed by atoms with Crippen LogP contribution in [-0.2, 0) is 7.05 Å². The number of halogens is 1. The lowest BCUT2D eigenvalue weighted by molar-refractivity contribution is 0.102. The first kappa shape index (κ1) is 13.8. The van der Waals surface area contributed by atoms with Crippen LogP contribution in [0.5, 0.6) is 0 Å². The summed E-state index contributed by atoms with van der Waals surface area (Å²) in [7, 11) is 1.72. The highest BCUT2D eigenvalue weighted by Gasteiger charge is 2.36. The number of alkyl halides is 1. The third kappa shape index (κ3) is 2.25. The lowest BCUT2D eigenvalue weighted by atomic mass is 10.0. The predicted molar refractivity (Wildman–Crippen MR) is 79.7 cm³/mol. The van der Waals surface area contributed by atoms with Crippen molar-refractivity contribution in [2.75, 3.05) is 0 Å². The second-order valence-electron chi connectivity index (χ2n) is 5.60. The highest BCUT2D eigenvalue weighted by atomic mass is 19.1. The molecule has 0 bridgehead atoms. The first-order valence-electron chi connectivity index (χ1n) is 7.32. The normalized spacial score (nSPS) is 19.7. The molecule has 4 rings (SSSR count). The van der Waals surface area contributed by atoms with Gasteiger partial charge in [-0.05, 0) is 5.56 Å². The zero-order valence-electron chi connectivity index (χ0n) is 12.4. The van der Waals surface area contributed by atoms with Crippen LogP contribution < -0.4 is 0 Å². The zero-order valence-corrected chi connectivity index (χ0v) is 12.4. The molecule has 0 saturated heterocycles. The minimum Gasteiger partial charge on any atom is -0.285 e. The molecular formula is C16H14FN5O. The van der Waals surface area contributed by atoms with Crippen molar-refractivity contribution in [2.45, 2.75) is 18.6 Å². The van der Waals surface area contributed by atoms with Gasteiger partial charge in [-0.15, -0.1) is 5.10 Å². The smallest absolute Gasteiger partial charge is 0.235 e. The predicted octanol–water partition coefficient (Wildman–Crippen LogP) is 2.25. The Balaban J connectivity index is 1.72. The average molecular weight is 311 g/mol. The Kier molecular flexibility index (Phi) is 3.07. The molecule has 1 aromatic carbocycles. The maximum Gasteiger partial charge on any atom is 0.235 e. The Bertz CT molecular complexity index is 870. The Morgan fingerprint density at radius 1 is 1.30 bits per heavy atom. The van der Waals surface area contributed by atoms with Crippen molar-refractivity contribution < 1.29 is 9.18 Å². The fourth-order valence-electron chi connectivity index (χ4n) is 2.90. The molecule has 7 heteroatoms. The molecule has 0 saturated carbocycles. The summed E-state index contributed by atoms with van der Waals surface area (Å²) in [6, 6.07) is 9.33.